The molecule has 2 aromatic rings. The molecule has 1 N–H and O–H groups in total. The summed E-state index contributed by atoms with van der Waals surface area (Å²) in [7, 11) is 0. The van der Waals surface area contributed by atoms with Crippen molar-refractivity contribution in [3.63, 3.8) is 0 Å². The van der Waals surface area contributed by atoms with Gasteiger partial charge in [0, 0.05) is 55.8 Å². The number of nitrogens with zero attached hydrogens (tertiary/aromatic N) is 6. The van der Waals surface area contributed by atoms with E-state index < -0.39 is 0 Å². The van der Waals surface area contributed by atoms with Crippen molar-refractivity contribution in [2.75, 3.05) is 44.2 Å². The van der Waals surface area contributed by atoms with Crippen LogP contribution in [0.25, 0.3) is 0 Å². The Bertz CT molecular complexity index is 873. The largest absolute Gasteiger partial charge is 0.493 e. The number of rotatable bonds is 7. The summed E-state index contributed by atoms with van der Waals surface area (Å²) in [6, 6.07) is 3.67. The van der Waals surface area contributed by atoms with Crippen LogP contribution in [0.1, 0.15) is 63.9 Å². The van der Waals surface area contributed by atoms with Gasteiger partial charge in [-0.15, -0.1) is 0 Å². The van der Waals surface area contributed by atoms with E-state index in [1.165, 1.54) is 37.4 Å². The molecule has 0 atom stereocenters. The van der Waals surface area contributed by atoms with E-state index in [4.69, 9.17) is 14.7 Å². The maximum absolute atomic E-state index is 9.37. The molecule has 8 heteroatoms. The first-order chi connectivity index (χ1) is 14.9. The molecule has 8 nitrogen and oxygen atoms in total. The molecule has 0 unspecified atom stereocenters. The maximum Gasteiger partial charge on any atom is 0.220 e. The van der Waals surface area contributed by atoms with Crippen LogP contribution in [0.15, 0.2) is 18.5 Å². The van der Waals surface area contributed by atoms with E-state index >= 15 is 0 Å². The number of piperazine rings is 1. The Morgan fingerprint density at radius 3 is 2.48 bits per heavy atom. The highest BCUT2D eigenvalue weighted by atomic mass is 16.5. The summed E-state index contributed by atoms with van der Waals surface area (Å²) in [4.78, 5) is 22.4. The first-order valence-electron chi connectivity index (χ1n) is 11.4. The van der Waals surface area contributed by atoms with Crippen molar-refractivity contribution in [2.24, 2.45) is 0 Å². The number of anilines is 1. The van der Waals surface area contributed by atoms with Crippen LogP contribution in [-0.2, 0) is 5.41 Å². The van der Waals surface area contributed by atoms with Crippen molar-refractivity contribution >= 4 is 5.82 Å². The van der Waals surface area contributed by atoms with Gasteiger partial charge in [0.05, 0.1) is 12.7 Å². The number of aromatic nitrogens is 4. The van der Waals surface area contributed by atoms with Crippen LogP contribution in [0.5, 0.6) is 11.8 Å². The topological polar surface area (TPSA) is 87.5 Å². The van der Waals surface area contributed by atoms with E-state index in [0.717, 1.165) is 50.8 Å². The fourth-order valence-corrected chi connectivity index (χ4v) is 3.94. The normalized spacial score (nSPS) is 18.1. The zero-order valence-corrected chi connectivity index (χ0v) is 18.9. The second-order valence-corrected chi connectivity index (χ2v) is 9.60. The Balaban J connectivity index is 1.29. The van der Waals surface area contributed by atoms with Gasteiger partial charge in [0.1, 0.15) is 18.0 Å². The van der Waals surface area contributed by atoms with Crippen LogP contribution in [0, 0.1) is 0 Å². The minimum Gasteiger partial charge on any atom is -0.493 e. The molecule has 4 rings (SSSR count). The van der Waals surface area contributed by atoms with Crippen molar-refractivity contribution in [3.8, 4) is 11.8 Å². The summed E-state index contributed by atoms with van der Waals surface area (Å²) in [5, 5.41) is 9.37. The van der Waals surface area contributed by atoms with Gasteiger partial charge in [-0.05, 0) is 19.3 Å². The van der Waals surface area contributed by atoms with Gasteiger partial charge in [-0.1, -0.05) is 27.2 Å². The molecule has 0 radical (unpaired) electrons. The highest BCUT2D eigenvalue weighted by Gasteiger charge is 2.27. The monoisotopic (exact) mass is 426 g/mol. The fraction of sp³-hybridized carbons (Fsp3) is 0.652. The molecular weight excluding hydrogens is 392 g/mol. The van der Waals surface area contributed by atoms with Gasteiger partial charge < -0.3 is 14.7 Å². The second kappa shape index (κ2) is 9.34. The van der Waals surface area contributed by atoms with Crippen molar-refractivity contribution in [3.05, 3.63) is 30.0 Å². The minimum atomic E-state index is -0.0686. The second-order valence-electron chi connectivity index (χ2n) is 9.60. The third-order valence-corrected chi connectivity index (χ3v) is 6.12. The zero-order valence-electron chi connectivity index (χ0n) is 18.9. The summed E-state index contributed by atoms with van der Waals surface area (Å²) in [6.45, 7) is 12.1. The van der Waals surface area contributed by atoms with Gasteiger partial charge in [-0.3, -0.25) is 4.90 Å². The van der Waals surface area contributed by atoms with Crippen LogP contribution in [0.2, 0.25) is 0 Å². The molecule has 0 bridgehead atoms. The lowest BCUT2D eigenvalue weighted by atomic mass is 9.82. The number of aromatic hydroxyl groups is 1. The van der Waals surface area contributed by atoms with Crippen molar-refractivity contribution in [1.82, 2.24) is 24.8 Å². The predicted molar refractivity (Wildman–Crippen MR) is 120 cm³/mol. The maximum atomic E-state index is 9.37. The Kier molecular flexibility index (Phi) is 6.55. The average Bonchev–Trinajstić information content (AvgIpc) is 2.70. The standard InChI is InChI=1S/C23H34N6O2/c1-23(2,3)22-26-18(17-6-4-7-17)14-19(27-22)29-11-9-28(10-12-29)8-5-13-31-21-15-20(30)24-16-25-21/h14-17H,4-13H2,1-3H3,(H,24,25,30). The molecule has 168 valence electrons. The molecule has 2 aliphatic rings. The third-order valence-electron chi connectivity index (χ3n) is 6.12. The lowest BCUT2D eigenvalue weighted by molar-refractivity contribution is 0.221. The van der Waals surface area contributed by atoms with Crippen molar-refractivity contribution < 1.29 is 9.84 Å². The van der Waals surface area contributed by atoms with Gasteiger partial charge >= 0.3 is 0 Å². The van der Waals surface area contributed by atoms with Crippen molar-refractivity contribution in [2.45, 2.75) is 57.8 Å². The molecule has 2 aromatic heterocycles. The SMILES string of the molecule is CC(C)(C)c1nc(C2CCC2)cc(N2CCN(CCCOc3cc(O)ncn3)CC2)n1. The third kappa shape index (κ3) is 5.61. The molecule has 1 saturated heterocycles. The minimum absolute atomic E-state index is 0.0448. The van der Waals surface area contributed by atoms with Gasteiger partial charge in [0.25, 0.3) is 0 Å². The van der Waals surface area contributed by atoms with E-state index in [2.05, 4.69) is 46.6 Å². The summed E-state index contributed by atoms with van der Waals surface area (Å²) in [5.41, 5.74) is 1.19. The molecular formula is C23H34N6O2. The molecule has 1 saturated carbocycles. The Morgan fingerprint density at radius 2 is 1.84 bits per heavy atom. The first-order valence-corrected chi connectivity index (χ1v) is 11.4. The average molecular weight is 427 g/mol. The molecule has 0 amide bonds. The quantitative estimate of drug-likeness (QED) is 0.676. The van der Waals surface area contributed by atoms with Crippen LogP contribution in [0.4, 0.5) is 5.82 Å². The smallest absolute Gasteiger partial charge is 0.220 e. The Morgan fingerprint density at radius 1 is 1.06 bits per heavy atom. The van der Waals surface area contributed by atoms with Gasteiger partial charge in [0.2, 0.25) is 11.8 Å². The summed E-state index contributed by atoms with van der Waals surface area (Å²) in [5.74, 6) is 3.01. The first kappa shape index (κ1) is 21.7. The van der Waals surface area contributed by atoms with E-state index in [0.29, 0.717) is 18.4 Å². The van der Waals surface area contributed by atoms with Crippen LogP contribution in [0.3, 0.4) is 0 Å². The van der Waals surface area contributed by atoms with Gasteiger partial charge in [0.15, 0.2) is 0 Å². The predicted octanol–water partition coefficient (Wildman–Crippen LogP) is 3.13. The Labute approximate surface area is 184 Å². The molecule has 31 heavy (non-hydrogen) atoms. The van der Waals surface area contributed by atoms with Crippen LogP contribution < -0.4 is 9.64 Å². The number of ether oxygens (including phenoxy) is 1. The van der Waals surface area contributed by atoms with Gasteiger partial charge in [-0.25, -0.2) is 19.9 Å². The fourth-order valence-electron chi connectivity index (χ4n) is 3.94. The summed E-state index contributed by atoms with van der Waals surface area (Å²) in [6.07, 6.45) is 6.04. The molecule has 1 aliphatic heterocycles. The summed E-state index contributed by atoms with van der Waals surface area (Å²) >= 11 is 0. The highest BCUT2D eigenvalue weighted by Crippen LogP contribution is 2.37. The van der Waals surface area contributed by atoms with Crippen LogP contribution >= 0.6 is 0 Å². The lowest BCUT2D eigenvalue weighted by Gasteiger charge is -2.36. The highest BCUT2D eigenvalue weighted by molar-refractivity contribution is 5.42. The molecule has 3 heterocycles. The van der Waals surface area contributed by atoms with E-state index in [9.17, 15) is 5.11 Å². The number of hydrogen-bond donors (Lipinski definition) is 1. The zero-order chi connectivity index (χ0) is 21.8. The van der Waals surface area contributed by atoms with Crippen molar-refractivity contribution in [1.29, 1.82) is 0 Å². The van der Waals surface area contributed by atoms with E-state index in [1.54, 1.807) is 0 Å². The number of hydrogen-bond acceptors (Lipinski definition) is 8. The van der Waals surface area contributed by atoms with Gasteiger partial charge in [-0.2, -0.15) is 0 Å². The van der Waals surface area contributed by atoms with E-state index in [1.807, 2.05) is 0 Å². The molecule has 1 aliphatic carbocycles. The lowest BCUT2D eigenvalue weighted by Crippen LogP contribution is -2.47. The van der Waals surface area contributed by atoms with E-state index in [-0.39, 0.29) is 11.3 Å². The molecule has 0 aromatic carbocycles. The Hall–Kier alpha value is -2.48. The molecule has 0 spiro atoms. The molecule has 2 fully saturated rings. The van der Waals surface area contributed by atoms with Crippen LogP contribution in [-0.4, -0.2) is 69.3 Å². The summed E-state index contributed by atoms with van der Waals surface area (Å²) < 4.78 is 5.60.